The van der Waals surface area contributed by atoms with Crippen LogP contribution in [0.3, 0.4) is 0 Å². The normalized spacial score (nSPS) is 9.40. The van der Waals surface area contributed by atoms with Gasteiger partial charge in [-0.25, -0.2) is 4.79 Å². The molecule has 15 heavy (non-hydrogen) atoms. The van der Waals surface area contributed by atoms with Crippen molar-refractivity contribution >= 4 is 68.1 Å². The first-order valence-corrected chi connectivity index (χ1v) is 3.17. The van der Waals surface area contributed by atoms with Crippen molar-refractivity contribution in [1.29, 1.82) is 0 Å². The van der Waals surface area contributed by atoms with Crippen molar-refractivity contribution in [3.8, 4) is 0 Å². The van der Waals surface area contributed by atoms with Crippen LogP contribution in [-0.2, 0) is 14.4 Å². The Hall–Kier alpha value is -0.0803. The summed E-state index contributed by atoms with van der Waals surface area (Å²) in [6, 6.07) is 0. The molecular weight excluding hydrogens is 260 g/mol. The summed E-state index contributed by atoms with van der Waals surface area (Å²) in [4.78, 5) is 30.5. The molecule has 0 saturated carbocycles. The van der Waals surface area contributed by atoms with Crippen LogP contribution in [0, 0.1) is 0 Å². The summed E-state index contributed by atoms with van der Waals surface area (Å²) >= 11 is 0. The first-order chi connectivity index (χ1) is 5.78. The second-order valence-corrected chi connectivity index (χ2v) is 2.48. The van der Waals surface area contributed by atoms with Gasteiger partial charge in [0.25, 0.3) is 0 Å². The standard InChI is InChI=1S/C6H8O7.Ca.ClH.2H/c7-3(8)1-6(13,5(11)12)2-4(9)10;;;;/h13H,1-2H2,(H,7,8)(H,9,10)(H,11,12);;1H;;. The van der Waals surface area contributed by atoms with E-state index < -0.39 is 36.4 Å². The Morgan fingerprint density at radius 3 is 1.33 bits per heavy atom. The molecule has 0 unspecified atom stereocenters. The molecule has 7 nitrogen and oxygen atoms in total. The summed E-state index contributed by atoms with van der Waals surface area (Å²) < 4.78 is 0. The van der Waals surface area contributed by atoms with E-state index >= 15 is 0 Å². The third-order valence-electron chi connectivity index (χ3n) is 1.29. The maximum absolute atomic E-state index is 10.3. The fourth-order valence-corrected chi connectivity index (χ4v) is 0.714. The molecule has 0 heterocycles. The minimum atomic E-state index is -2.74. The Morgan fingerprint density at radius 2 is 1.20 bits per heavy atom. The molecule has 86 valence electrons. The summed E-state index contributed by atoms with van der Waals surface area (Å²) in [5.41, 5.74) is -2.74. The molecule has 0 aliphatic carbocycles. The van der Waals surface area contributed by atoms with Gasteiger partial charge in [-0.3, -0.25) is 9.59 Å². The van der Waals surface area contributed by atoms with E-state index in [4.69, 9.17) is 20.4 Å². The molecule has 0 atom stereocenters. The van der Waals surface area contributed by atoms with E-state index in [9.17, 15) is 14.4 Å². The van der Waals surface area contributed by atoms with Crippen molar-refractivity contribution < 1.29 is 34.8 Å². The van der Waals surface area contributed by atoms with Crippen LogP contribution in [0.4, 0.5) is 0 Å². The molecule has 0 aliphatic heterocycles. The van der Waals surface area contributed by atoms with Crippen molar-refractivity contribution in [3.05, 3.63) is 0 Å². The molecule has 9 heteroatoms. The van der Waals surface area contributed by atoms with E-state index in [1.165, 1.54) is 0 Å². The number of halogens is 1. The number of carboxylic acids is 3. The van der Waals surface area contributed by atoms with Crippen LogP contribution in [0.1, 0.15) is 12.8 Å². The molecule has 0 aromatic rings. The Kier molecular flexibility index (Phi) is 11.0. The van der Waals surface area contributed by atoms with Crippen LogP contribution in [0.15, 0.2) is 0 Å². The van der Waals surface area contributed by atoms with Crippen molar-refractivity contribution in [2.75, 3.05) is 0 Å². The van der Waals surface area contributed by atoms with Crippen LogP contribution in [0.2, 0.25) is 0 Å². The number of rotatable bonds is 5. The van der Waals surface area contributed by atoms with Crippen molar-refractivity contribution in [2.45, 2.75) is 18.4 Å². The Morgan fingerprint density at radius 1 is 0.933 bits per heavy atom. The number of aliphatic carboxylic acids is 3. The second kappa shape index (κ2) is 8.12. The van der Waals surface area contributed by atoms with Crippen molar-refractivity contribution in [2.24, 2.45) is 0 Å². The first-order valence-electron chi connectivity index (χ1n) is 3.17. The van der Waals surface area contributed by atoms with Crippen LogP contribution in [0.5, 0.6) is 0 Å². The van der Waals surface area contributed by atoms with Gasteiger partial charge in [-0.15, -0.1) is 12.4 Å². The Bertz CT molecular complexity index is 238. The third-order valence-corrected chi connectivity index (χ3v) is 1.29. The van der Waals surface area contributed by atoms with Crippen LogP contribution >= 0.6 is 12.4 Å². The fraction of sp³-hybridized carbons (Fsp3) is 0.500. The molecule has 0 amide bonds. The third kappa shape index (κ3) is 7.80. The van der Waals surface area contributed by atoms with Gasteiger partial charge < -0.3 is 20.4 Å². The van der Waals surface area contributed by atoms with Gasteiger partial charge in [0, 0.05) is 0 Å². The molecule has 0 aliphatic rings. The molecule has 0 radical (unpaired) electrons. The number of hydrogen-bond acceptors (Lipinski definition) is 4. The van der Waals surface area contributed by atoms with E-state index in [-0.39, 0.29) is 50.1 Å². The monoisotopic (exact) mass is 270 g/mol. The fourth-order valence-electron chi connectivity index (χ4n) is 0.714. The first kappa shape index (κ1) is 20.3. The van der Waals surface area contributed by atoms with Gasteiger partial charge in [-0.05, 0) is 0 Å². The molecule has 0 spiro atoms. The van der Waals surface area contributed by atoms with Gasteiger partial charge in [0.1, 0.15) is 0 Å². The van der Waals surface area contributed by atoms with Gasteiger partial charge in [0.15, 0.2) is 5.60 Å². The minimum absolute atomic E-state index is 0. The van der Waals surface area contributed by atoms with Gasteiger partial charge in [0.2, 0.25) is 0 Å². The number of carbonyl (C=O) groups is 3. The van der Waals surface area contributed by atoms with Crippen LogP contribution in [0.25, 0.3) is 0 Å². The predicted molar refractivity (Wildman–Crippen MR) is 52.9 cm³/mol. The summed E-state index contributed by atoms with van der Waals surface area (Å²) in [6.45, 7) is 0. The average Bonchev–Trinajstić information content (AvgIpc) is 1.82. The van der Waals surface area contributed by atoms with E-state index in [2.05, 4.69) is 0 Å². The molecule has 0 bridgehead atoms. The zero-order chi connectivity index (χ0) is 10.6. The molecule has 0 fully saturated rings. The molecule has 0 aromatic carbocycles. The van der Waals surface area contributed by atoms with Crippen molar-refractivity contribution in [3.63, 3.8) is 0 Å². The molecular formula is C6H11CaClO7. The average molecular weight is 271 g/mol. The molecule has 0 aromatic heterocycles. The SMILES string of the molecule is Cl.O=C(O)CC(O)(CC(=O)O)C(=O)O.[CaH2]. The quantitative estimate of drug-likeness (QED) is 0.436. The summed E-state index contributed by atoms with van der Waals surface area (Å²) in [5, 5.41) is 33.8. The van der Waals surface area contributed by atoms with Gasteiger partial charge in [-0.2, -0.15) is 0 Å². The number of aliphatic hydroxyl groups is 1. The second-order valence-electron chi connectivity index (χ2n) is 2.48. The number of carboxylic acid groups (broad SMARTS) is 3. The Balaban J connectivity index is -0.000000720. The molecule has 4 N–H and O–H groups in total. The van der Waals surface area contributed by atoms with Gasteiger partial charge >= 0.3 is 55.6 Å². The van der Waals surface area contributed by atoms with E-state index in [0.29, 0.717) is 0 Å². The molecule has 0 saturated heterocycles. The maximum atomic E-state index is 10.3. The van der Waals surface area contributed by atoms with Crippen LogP contribution in [-0.4, -0.2) is 81.7 Å². The van der Waals surface area contributed by atoms with Gasteiger partial charge in [0.05, 0.1) is 12.8 Å². The predicted octanol–water partition coefficient (Wildman–Crippen LogP) is -1.74. The summed E-state index contributed by atoms with van der Waals surface area (Å²) in [5.74, 6) is -5.02. The van der Waals surface area contributed by atoms with E-state index in [1.807, 2.05) is 0 Å². The van der Waals surface area contributed by atoms with Crippen LogP contribution < -0.4 is 0 Å². The van der Waals surface area contributed by atoms with E-state index in [0.717, 1.165) is 0 Å². The topological polar surface area (TPSA) is 132 Å². The summed E-state index contributed by atoms with van der Waals surface area (Å²) in [6.07, 6.45) is -2.29. The zero-order valence-electron chi connectivity index (χ0n) is 6.84. The zero-order valence-corrected chi connectivity index (χ0v) is 7.65. The Labute approximate surface area is 120 Å². The summed E-state index contributed by atoms with van der Waals surface area (Å²) in [7, 11) is 0. The van der Waals surface area contributed by atoms with E-state index in [1.54, 1.807) is 0 Å². The molecule has 0 rings (SSSR count). The number of hydrogen-bond donors (Lipinski definition) is 4. The van der Waals surface area contributed by atoms with Crippen molar-refractivity contribution in [1.82, 2.24) is 0 Å². The van der Waals surface area contributed by atoms with Gasteiger partial charge in [-0.1, -0.05) is 0 Å².